The van der Waals surface area contributed by atoms with Crippen LogP contribution in [0.4, 0.5) is 5.69 Å². The molecule has 21 heavy (non-hydrogen) atoms. The Balaban J connectivity index is 2.55. The zero-order valence-electron chi connectivity index (χ0n) is 11.5. The third kappa shape index (κ3) is 6.35. The van der Waals surface area contributed by atoms with Gasteiger partial charge in [-0.05, 0) is 24.3 Å². The number of hydrogen-bond acceptors (Lipinski definition) is 4. The summed E-state index contributed by atoms with van der Waals surface area (Å²) < 4.78 is 4.82. The molecule has 7 heteroatoms. The van der Waals surface area contributed by atoms with Crippen molar-refractivity contribution in [2.24, 2.45) is 0 Å². The molecule has 7 nitrogen and oxygen atoms in total. The van der Waals surface area contributed by atoms with E-state index in [4.69, 9.17) is 9.84 Å². The number of carbonyl (C=O) groups is 3. The third-order valence-corrected chi connectivity index (χ3v) is 2.38. The number of rotatable bonds is 7. The van der Waals surface area contributed by atoms with Crippen LogP contribution in [-0.2, 0) is 14.3 Å². The normalized spacial score (nSPS) is 10.3. The molecule has 0 fully saturated rings. The summed E-state index contributed by atoms with van der Waals surface area (Å²) in [6, 6.07) is 6.22. The molecule has 0 saturated carbocycles. The third-order valence-electron chi connectivity index (χ3n) is 2.38. The minimum absolute atomic E-state index is 0.240. The SMILES string of the molecule is COCCNC(=O)c1ccc(NC(=O)/C=C/C(=O)O)cc1. The van der Waals surface area contributed by atoms with Gasteiger partial charge >= 0.3 is 5.97 Å². The number of hydrogen-bond donors (Lipinski definition) is 3. The zero-order chi connectivity index (χ0) is 15.7. The predicted molar refractivity (Wildman–Crippen MR) is 76.1 cm³/mol. The molecular formula is C14H16N2O5. The number of aliphatic carboxylic acids is 1. The van der Waals surface area contributed by atoms with Crippen LogP contribution in [-0.4, -0.2) is 43.2 Å². The van der Waals surface area contributed by atoms with Gasteiger partial charge in [0.05, 0.1) is 6.61 Å². The first-order chi connectivity index (χ1) is 10.0. The summed E-state index contributed by atoms with van der Waals surface area (Å²) in [5.74, 6) is -2.00. The van der Waals surface area contributed by atoms with Crippen LogP contribution in [0.15, 0.2) is 36.4 Å². The van der Waals surface area contributed by atoms with Gasteiger partial charge < -0.3 is 20.5 Å². The van der Waals surface area contributed by atoms with Crippen LogP contribution in [0.2, 0.25) is 0 Å². The molecule has 0 heterocycles. The van der Waals surface area contributed by atoms with Gasteiger partial charge in [0.2, 0.25) is 5.91 Å². The summed E-state index contributed by atoms with van der Waals surface area (Å²) in [6.45, 7) is 0.837. The van der Waals surface area contributed by atoms with E-state index in [0.717, 1.165) is 12.2 Å². The van der Waals surface area contributed by atoms with E-state index in [-0.39, 0.29) is 5.91 Å². The summed E-state index contributed by atoms with van der Waals surface area (Å²) in [5.41, 5.74) is 0.911. The lowest BCUT2D eigenvalue weighted by molar-refractivity contribution is -0.131. The van der Waals surface area contributed by atoms with Gasteiger partial charge in [0.1, 0.15) is 0 Å². The standard InChI is InChI=1S/C14H16N2O5/c1-21-9-8-15-14(20)10-2-4-11(5-3-10)16-12(17)6-7-13(18)19/h2-7H,8-9H2,1H3,(H,15,20)(H,16,17)(H,18,19)/b7-6+. The fraction of sp³-hybridized carbons (Fsp3) is 0.214. The van der Waals surface area contributed by atoms with Crippen molar-refractivity contribution < 1.29 is 24.2 Å². The Morgan fingerprint density at radius 2 is 1.86 bits per heavy atom. The molecule has 1 aromatic rings. The number of methoxy groups -OCH3 is 1. The molecule has 3 N–H and O–H groups in total. The van der Waals surface area contributed by atoms with Gasteiger partial charge in [-0.1, -0.05) is 0 Å². The van der Waals surface area contributed by atoms with E-state index in [0.29, 0.717) is 24.4 Å². The lowest BCUT2D eigenvalue weighted by atomic mass is 10.2. The number of amides is 2. The van der Waals surface area contributed by atoms with Crippen LogP contribution in [0.5, 0.6) is 0 Å². The van der Waals surface area contributed by atoms with Gasteiger partial charge in [0, 0.05) is 37.1 Å². The predicted octanol–water partition coefficient (Wildman–Crippen LogP) is 0.642. The second-order valence-electron chi connectivity index (χ2n) is 3.99. The fourth-order valence-corrected chi connectivity index (χ4v) is 1.40. The van der Waals surface area contributed by atoms with E-state index >= 15 is 0 Å². The number of carboxylic acid groups (broad SMARTS) is 1. The summed E-state index contributed by atoms with van der Waals surface area (Å²) in [5, 5.41) is 13.5. The van der Waals surface area contributed by atoms with Crippen LogP contribution >= 0.6 is 0 Å². The second kappa shape index (κ2) is 8.49. The van der Waals surface area contributed by atoms with Crippen LogP contribution in [0.3, 0.4) is 0 Å². The van der Waals surface area contributed by atoms with E-state index in [9.17, 15) is 14.4 Å². The molecule has 0 unspecified atom stereocenters. The van der Waals surface area contributed by atoms with Crippen LogP contribution < -0.4 is 10.6 Å². The Hall–Kier alpha value is -2.67. The van der Waals surface area contributed by atoms with Gasteiger partial charge in [0.15, 0.2) is 0 Å². The Bertz CT molecular complexity index is 537. The van der Waals surface area contributed by atoms with Crippen molar-refractivity contribution in [3.05, 3.63) is 42.0 Å². The summed E-state index contributed by atoms with van der Waals surface area (Å²) in [7, 11) is 1.54. The zero-order valence-corrected chi connectivity index (χ0v) is 11.5. The van der Waals surface area contributed by atoms with Crippen molar-refractivity contribution in [2.45, 2.75) is 0 Å². The van der Waals surface area contributed by atoms with Crippen molar-refractivity contribution >= 4 is 23.5 Å². The van der Waals surface area contributed by atoms with Crippen molar-refractivity contribution in [3.8, 4) is 0 Å². The number of carbonyl (C=O) groups excluding carboxylic acids is 2. The van der Waals surface area contributed by atoms with E-state index < -0.39 is 11.9 Å². The highest BCUT2D eigenvalue weighted by Gasteiger charge is 2.05. The maximum absolute atomic E-state index is 11.7. The largest absolute Gasteiger partial charge is 0.478 e. The maximum atomic E-state index is 11.7. The first-order valence-electron chi connectivity index (χ1n) is 6.12. The molecule has 0 atom stereocenters. The van der Waals surface area contributed by atoms with Gasteiger partial charge in [0.25, 0.3) is 5.91 Å². The molecule has 0 saturated heterocycles. The minimum Gasteiger partial charge on any atom is -0.478 e. The molecule has 0 aliphatic rings. The topological polar surface area (TPSA) is 105 Å². The van der Waals surface area contributed by atoms with Gasteiger partial charge in [-0.2, -0.15) is 0 Å². The maximum Gasteiger partial charge on any atom is 0.328 e. The average Bonchev–Trinajstić information content (AvgIpc) is 2.46. The van der Waals surface area contributed by atoms with E-state index in [1.165, 1.54) is 0 Å². The number of carboxylic acids is 1. The Morgan fingerprint density at radius 1 is 1.19 bits per heavy atom. The quantitative estimate of drug-likeness (QED) is 0.505. The highest BCUT2D eigenvalue weighted by Crippen LogP contribution is 2.09. The smallest absolute Gasteiger partial charge is 0.328 e. The minimum atomic E-state index is -1.20. The lowest BCUT2D eigenvalue weighted by Crippen LogP contribution is -2.26. The van der Waals surface area contributed by atoms with Gasteiger partial charge in [-0.3, -0.25) is 9.59 Å². The number of benzene rings is 1. The van der Waals surface area contributed by atoms with Gasteiger partial charge in [-0.25, -0.2) is 4.79 Å². The molecule has 0 radical (unpaired) electrons. The van der Waals surface area contributed by atoms with Crippen molar-refractivity contribution in [2.75, 3.05) is 25.6 Å². The molecule has 0 aliphatic heterocycles. The molecule has 0 spiro atoms. The highest BCUT2D eigenvalue weighted by atomic mass is 16.5. The molecule has 0 bridgehead atoms. The molecule has 1 rings (SSSR count). The summed E-state index contributed by atoms with van der Waals surface area (Å²) in [6.07, 6.45) is 1.65. The molecule has 1 aromatic carbocycles. The second-order valence-corrected chi connectivity index (χ2v) is 3.99. The van der Waals surface area contributed by atoms with Crippen LogP contribution in [0.1, 0.15) is 10.4 Å². The van der Waals surface area contributed by atoms with Crippen molar-refractivity contribution in [3.63, 3.8) is 0 Å². The molecule has 0 aromatic heterocycles. The number of anilines is 1. The molecule has 2 amide bonds. The van der Waals surface area contributed by atoms with Crippen molar-refractivity contribution in [1.82, 2.24) is 5.32 Å². The van der Waals surface area contributed by atoms with Gasteiger partial charge in [-0.15, -0.1) is 0 Å². The Kier molecular flexibility index (Phi) is 6.62. The van der Waals surface area contributed by atoms with Crippen LogP contribution in [0.25, 0.3) is 0 Å². The summed E-state index contributed by atoms with van der Waals surface area (Å²) in [4.78, 5) is 33.3. The van der Waals surface area contributed by atoms with E-state index in [1.807, 2.05) is 0 Å². The highest BCUT2D eigenvalue weighted by molar-refractivity contribution is 6.02. The molecule has 0 aliphatic carbocycles. The lowest BCUT2D eigenvalue weighted by Gasteiger charge is -2.06. The number of nitrogens with one attached hydrogen (secondary N) is 2. The molecule has 112 valence electrons. The summed E-state index contributed by atoms with van der Waals surface area (Å²) >= 11 is 0. The Labute approximate surface area is 121 Å². The molecular weight excluding hydrogens is 276 g/mol. The monoisotopic (exact) mass is 292 g/mol. The fourth-order valence-electron chi connectivity index (χ4n) is 1.40. The first kappa shape index (κ1) is 16.4. The van der Waals surface area contributed by atoms with Crippen molar-refractivity contribution in [1.29, 1.82) is 0 Å². The van der Waals surface area contributed by atoms with E-state index in [2.05, 4.69) is 10.6 Å². The average molecular weight is 292 g/mol. The van der Waals surface area contributed by atoms with Crippen LogP contribution in [0, 0.1) is 0 Å². The Morgan fingerprint density at radius 3 is 2.43 bits per heavy atom. The number of ether oxygens (including phenoxy) is 1. The first-order valence-corrected chi connectivity index (χ1v) is 6.12. The van der Waals surface area contributed by atoms with E-state index in [1.54, 1.807) is 31.4 Å².